The molecule has 8 nitrogen and oxygen atoms in total. The number of ether oxygens (including phenoxy) is 2. The van der Waals surface area contributed by atoms with Gasteiger partial charge in [0.15, 0.2) is 11.5 Å². The third kappa shape index (κ3) is 3.79. The van der Waals surface area contributed by atoms with Gasteiger partial charge in [0, 0.05) is 12.1 Å². The predicted octanol–water partition coefficient (Wildman–Crippen LogP) is -0.462. The molecule has 1 rings (SSSR count). The number of carbonyl (C=O) groups excluding carboxylic acids is 1. The van der Waals surface area contributed by atoms with Crippen molar-refractivity contribution in [2.45, 2.75) is 4.90 Å². The van der Waals surface area contributed by atoms with Gasteiger partial charge in [0.2, 0.25) is 5.91 Å². The maximum absolute atomic E-state index is 13.7. The Hall–Kier alpha value is -1.91. The monoisotopic (exact) mass is 308 g/mol. The Morgan fingerprint density at radius 3 is 2.35 bits per heavy atom. The highest BCUT2D eigenvalue weighted by Gasteiger charge is 2.23. The lowest BCUT2D eigenvalue weighted by molar-refractivity contribution is -0.123. The second kappa shape index (κ2) is 6.50. The van der Waals surface area contributed by atoms with Crippen molar-refractivity contribution in [1.29, 1.82) is 0 Å². The summed E-state index contributed by atoms with van der Waals surface area (Å²) in [6, 6.07) is 1.77. The van der Waals surface area contributed by atoms with Crippen molar-refractivity contribution in [2.75, 3.05) is 20.8 Å². The lowest BCUT2D eigenvalue weighted by Crippen LogP contribution is -2.30. The zero-order chi connectivity index (χ0) is 15.3. The van der Waals surface area contributed by atoms with Crippen LogP contribution in [0.25, 0.3) is 0 Å². The van der Waals surface area contributed by atoms with Gasteiger partial charge in [-0.3, -0.25) is 9.63 Å². The summed E-state index contributed by atoms with van der Waals surface area (Å²) < 4.78 is 47.0. The Bertz CT molecular complexity index is 604. The van der Waals surface area contributed by atoms with E-state index in [9.17, 15) is 17.6 Å². The number of benzene rings is 1. The third-order valence-corrected chi connectivity index (χ3v) is 3.34. The minimum absolute atomic E-state index is 0.0178. The fourth-order valence-electron chi connectivity index (χ4n) is 1.26. The van der Waals surface area contributed by atoms with Crippen LogP contribution in [0.2, 0.25) is 0 Å². The molecule has 0 spiro atoms. The number of nitrogens with two attached hydrogens (primary N) is 1. The molecule has 0 unspecified atom stereocenters. The van der Waals surface area contributed by atoms with E-state index < -0.39 is 33.3 Å². The van der Waals surface area contributed by atoms with Crippen molar-refractivity contribution >= 4 is 15.9 Å². The Balaban J connectivity index is 3.08. The van der Waals surface area contributed by atoms with Gasteiger partial charge in [-0.25, -0.2) is 12.8 Å². The molecule has 0 atom stereocenters. The smallest absolute Gasteiger partial charge is 0.265 e. The molecule has 1 aromatic rings. The maximum Gasteiger partial charge on any atom is 0.265 e. The highest BCUT2D eigenvalue weighted by Crippen LogP contribution is 2.31. The summed E-state index contributed by atoms with van der Waals surface area (Å²) in [5.41, 5.74) is 4.76. The Labute approximate surface area is 114 Å². The fourth-order valence-corrected chi connectivity index (χ4v) is 2.15. The summed E-state index contributed by atoms with van der Waals surface area (Å²) in [5.74, 6) is -1.91. The largest absolute Gasteiger partial charge is 0.493 e. The molecule has 0 aromatic heterocycles. The van der Waals surface area contributed by atoms with Gasteiger partial charge in [-0.05, 0) is 0 Å². The number of rotatable bonds is 7. The standard InChI is InChI=1S/C10H13FN2O6S/c1-17-7-3-6(11)9(4-8(7)18-2)20(15,16)13-19-5-10(12)14/h3-4,13H,5H2,1-2H3,(H2,12,14). The molecule has 1 amide bonds. The van der Waals surface area contributed by atoms with Gasteiger partial charge >= 0.3 is 0 Å². The number of primary amides is 1. The predicted molar refractivity (Wildman–Crippen MR) is 65.0 cm³/mol. The summed E-state index contributed by atoms with van der Waals surface area (Å²) in [6.07, 6.45) is 0. The maximum atomic E-state index is 13.7. The van der Waals surface area contributed by atoms with Gasteiger partial charge in [0.25, 0.3) is 10.0 Å². The molecule has 0 aliphatic rings. The third-order valence-electron chi connectivity index (χ3n) is 2.11. The van der Waals surface area contributed by atoms with Crippen LogP contribution in [0, 0.1) is 5.82 Å². The van der Waals surface area contributed by atoms with E-state index in [1.165, 1.54) is 14.2 Å². The zero-order valence-corrected chi connectivity index (χ0v) is 11.5. The highest BCUT2D eigenvalue weighted by molar-refractivity contribution is 7.89. The first-order valence-corrected chi connectivity index (χ1v) is 6.63. The lowest BCUT2D eigenvalue weighted by atomic mass is 10.3. The van der Waals surface area contributed by atoms with E-state index in [2.05, 4.69) is 4.84 Å². The van der Waals surface area contributed by atoms with Gasteiger partial charge in [-0.2, -0.15) is 0 Å². The molecule has 0 aliphatic carbocycles. The van der Waals surface area contributed by atoms with Gasteiger partial charge < -0.3 is 15.2 Å². The van der Waals surface area contributed by atoms with Crippen LogP contribution < -0.4 is 20.1 Å². The molecule has 0 saturated carbocycles. The lowest BCUT2D eigenvalue weighted by Gasteiger charge is -2.11. The van der Waals surface area contributed by atoms with Crippen LogP contribution in [0.5, 0.6) is 11.5 Å². The van der Waals surface area contributed by atoms with Crippen molar-refractivity contribution < 1.29 is 31.9 Å². The molecule has 0 heterocycles. The number of hydrogen-bond acceptors (Lipinski definition) is 6. The molecule has 0 bridgehead atoms. The minimum Gasteiger partial charge on any atom is -0.493 e. The van der Waals surface area contributed by atoms with E-state index in [1.54, 1.807) is 4.89 Å². The Kier molecular flexibility index (Phi) is 5.25. The molecule has 1 aromatic carbocycles. The molecule has 0 fully saturated rings. The quantitative estimate of drug-likeness (QED) is 0.658. The van der Waals surface area contributed by atoms with Gasteiger partial charge in [-0.15, -0.1) is 0 Å². The van der Waals surface area contributed by atoms with Crippen LogP contribution >= 0.6 is 0 Å². The first-order valence-electron chi connectivity index (χ1n) is 5.15. The topological polar surface area (TPSA) is 117 Å². The average molecular weight is 308 g/mol. The number of halogens is 1. The molecular weight excluding hydrogens is 295 g/mol. The van der Waals surface area contributed by atoms with Crippen LogP contribution in [-0.4, -0.2) is 35.2 Å². The molecule has 3 N–H and O–H groups in total. The second-order valence-corrected chi connectivity index (χ2v) is 5.09. The normalized spacial score (nSPS) is 11.2. The molecular formula is C10H13FN2O6S. The SMILES string of the molecule is COc1cc(F)c(S(=O)(=O)NOCC(N)=O)cc1OC. The molecule has 20 heavy (non-hydrogen) atoms. The van der Waals surface area contributed by atoms with Crippen molar-refractivity contribution in [3.05, 3.63) is 17.9 Å². The first kappa shape index (κ1) is 16.1. The van der Waals surface area contributed by atoms with Crippen molar-refractivity contribution in [2.24, 2.45) is 5.73 Å². The van der Waals surface area contributed by atoms with Crippen molar-refractivity contribution in [3.63, 3.8) is 0 Å². The Morgan fingerprint density at radius 1 is 1.30 bits per heavy atom. The summed E-state index contributed by atoms with van der Waals surface area (Å²) in [7, 11) is -1.79. The first-order chi connectivity index (χ1) is 9.31. The summed E-state index contributed by atoms with van der Waals surface area (Å²) in [4.78, 5) is 15.6. The van der Waals surface area contributed by atoms with Crippen LogP contribution in [0.1, 0.15) is 0 Å². The number of carbonyl (C=O) groups is 1. The number of sulfonamides is 1. The molecule has 112 valence electrons. The summed E-state index contributed by atoms with van der Waals surface area (Å²) in [5, 5.41) is 0. The van der Waals surface area contributed by atoms with E-state index in [4.69, 9.17) is 15.2 Å². The van der Waals surface area contributed by atoms with Crippen LogP contribution in [0.15, 0.2) is 17.0 Å². The summed E-state index contributed by atoms with van der Waals surface area (Å²) >= 11 is 0. The van der Waals surface area contributed by atoms with E-state index >= 15 is 0 Å². The molecule has 0 aliphatic heterocycles. The van der Waals surface area contributed by atoms with Gasteiger partial charge in [0.1, 0.15) is 17.3 Å². The van der Waals surface area contributed by atoms with E-state index in [0.29, 0.717) is 0 Å². The fraction of sp³-hybridized carbons (Fsp3) is 0.300. The number of methoxy groups -OCH3 is 2. The average Bonchev–Trinajstić information content (AvgIpc) is 2.37. The highest BCUT2D eigenvalue weighted by atomic mass is 32.2. The van der Waals surface area contributed by atoms with Crippen molar-refractivity contribution in [1.82, 2.24) is 4.89 Å². The van der Waals surface area contributed by atoms with Crippen LogP contribution in [0.4, 0.5) is 4.39 Å². The van der Waals surface area contributed by atoms with Crippen molar-refractivity contribution in [3.8, 4) is 11.5 Å². The molecule has 10 heteroatoms. The van der Waals surface area contributed by atoms with Gasteiger partial charge in [-0.1, -0.05) is 4.89 Å². The van der Waals surface area contributed by atoms with Crippen LogP contribution in [0.3, 0.4) is 0 Å². The van der Waals surface area contributed by atoms with Crippen LogP contribution in [-0.2, 0) is 19.7 Å². The van der Waals surface area contributed by atoms with E-state index in [-0.39, 0.29) is 11.5 Å². The number of hydrogen-bond donors (Lipinski definition) is 2. The van der Waals surface area contributed by atoms with E-state index in [1.807, 2.05) is 0 Å². The van der Waals surface area contributed by atoms with Gasteiger partial charge in [0.05, 0.1) is 14.2 Å². The number of amides is 1. The zero-order valence-electron chi connectivity index (χ0n) is 10.7. The Morgan fingerprint density at radius 2 is 1.85 bits per heavy atom. The minimum atomic E-state index is -4.33. The second-order valence-electron chi connectivity index (χ2n) is 3.48. The number of nitrogens with one attached hydrogen (secondary N) is 1. The molecule has 0 saturated heterocycles. The molecule has 0 radical (unpaired) electrons. The summed E-state index contributed by atoms with van der Waals surface area (Å²) in [6.45, 7) is -0.686. The van der Waals surface area contributed by atoms with E-state index in [0.717, 1.165) is 12.1 Å².